The van der Waals surface area contributed by atoms with E-state index in [1.54, 1.807) is 41.3 Å². The van der Waals surface area contributed by atoms with Crippen LogP contribution in [0.15, 0.2) is 54.6 Å². The molecule has 1 aliphatic rings. The number of anilines is 1. The molecule has 0 spiro atoms. The van der Waals surface area contributed by atoms with Crippen molar-refractivity contribution in [3.05, 3.63) is 60.2 Å². The van der Waals surface area contributed by atoms with E-state index in [9.17, 15) is 18.0 Å². The summed E-state index contributed by atoms with van der Waals surface area (Å²) in [7, 11) is -3.36. The van der Waals surface area contributed by atoms with Crippen LogP contribution in [0.3, 0.4) is 0 Å². The zero-order chi connectivity index (χ0) is 21.6. The summed E-state index contributed by atoms with van der Waals surface area (Å²) in [5, 5.41) is 2.95. The second-order valence-electron chi connectivity index (χ2n) is 7.19. The van der Waals surface area contributed by atoms with Crippen molar-refractivity contribution in [1.82, 2.24) is 10.2 Å². The molecule has 0 aromatic heterocycles. The number of hydrogen-bond donors (Lipinski definition) is 2. The number of para-hydroxylation sites is 1. The average molecular weight is 432 g/mol. The smallest absolute Gasteiger partial charge is 0.258 e. The van der Waals surface area contributed by atoms with Gasteiger partial charge in [-0.15, -0.1) is 0 Å². The number of nitrogens with one attached hydrogen (secondary N) is 2. The van der Waals surface area contributed by atoms with Gasteiger partial charge in [-0.05, 0) is 49.2 Å². The third-order valence-electron chi connectivity index (χ3n) is 4.70. The van der Waals surface area contributed by atoms with Crippen LogP contribution in [0.25, 0.3) is 0 Å². The first kappa shape index (κ1) is 21.6. The number of carbonyl (C=O) groups excluding carboxylic acids is 2. The Morgan fingerprint density at radius 2 is 1.67 bits per heavy atom. The van der Waals surface area contributed by atoms with Gasteiger partial charge in [0.1, 0.15) is 5.75 Å². The predicted octanol–water partition coefficient (Wildman–Crippen LogP) is 1.86. The van der Waals surface area contributed by atoms with Crippen molar-refractivity contribution in [3.8, 4) is 5.75 Å². The molecular formula is C21H25N3O5S. The summed E-state index contributed by atoms with van der Waals surface area (Å²) < 4.78 is 30.3. The summed E-state index contributed by atoms with van der Waals surface area (Å²) in [6.07, 6.45) is 2.40. The molecule has 2 aromatic carbocycles. The molecule has 2 N–H and O–H groups in total. The molecule has 0 unspecified atom stereocenters. The van der Waals surface area contributed by atoms with Crippen molar-refractivity contribution >= 4 is 27.5 Å². The lowest BCUT2D eigenvalue weighted by Gasteiger charge is -2.32. The zero-order valence-corrected chi connectivity index (χ0v) is 17.5. The lowest BCUT2D eigenvalue weighted by atomic mass is 10.0. The Morgan fingerprint density at radius 1 is 1.03 bits per heavy atom. The maximum absolute atomic E-state index is 12.7. The van der Waals surface area contributed by atoms with Crippen LogP contribution in [0, 0.1) is 0 Å². The van der Waals surface area contributed by atoms with Crippen molar-refractivity contribution in [1.29, 1.82) is 0 Å². The van der Waals surface area contributed by atoms with Crippen molar-refractivity contribution < 1.29 is 22.7 Å². The Morgan fingerprint density at radius 3 is 2.27 bits per heavy atom. The Labute approximate surface area is 176 Å². The van der Waals surface area contributed by atoms with E-state index >= 15 is 0 Å². The lowest BCUT2D eigenvalue weighted by Crippen LogP contribution is -2.47. The molecule has 1 aliphatic heterocycles. The van der Waals surface area contributed by atoms with E-state index in [4.69, 9.17) is 4.74 Å². The largest absolute Gasteiger partial charge is 0.484 e. The van der Waals surface area contributed by atoms with E-state index in [2.05, 4.69) is 10.0 Å². The summed E-state index contributed by atoms with van der Waals surface area (Å²) in [5.74, 6) is 0.349. The molecule has 1 heterocycles. The van der Waals surface area contributed by atoms with E-state index in [0.717, 1.165) is 6.26 Å². The molecule has 8 nitrogen and oxygen atoms in total. The van der Waals surface area contributed by atoms with Gasteiger partial charge in [0.25, 0.3) is 11.8 Å². The topological polar surface area (TPSA) is 105 Å². The van der Waals surface area contributed by atoms with Gasteiger partial charge in [0.05, 0.1) is 6.26 Å². The molecule has 0 saturated carbocycles. The summed E-state index contributed by atoms with van der Waals surface area (Å²) in [5.41, 5.74) is 0.904. The van der Waals surface area contributed by atoms with Gasteiger partial charge in [-0.1, -0.05) is 18.2 Å². The lowest BCUT2D eigenvalue weighted by molar-refractivity contribution is -0.124. The predicted molar refractivity (Wildman–Crippen MR) is 114 cm³/mol. The Balaban J connectivity index is 1.44. The van der Waals surface area contributed by atoms with E-state index in [1.807, 2.05) is 18.2 Å². The summed E-state index contributed by atoms with van der Waals surface area (Å²) in [4.78, 5) is 26.5. The standard InChI is InChI=1S/C21H25N3O5S/c1-30(27,28)23-18-9-7-16(8-10-18)21(26)24-13-11-17(12-14-24)22-20(25)15-29-19-5-3-2-4-6-19/h2-10,17,23H,11-15H2,1H3,(H,22,25). The van der Waals surface area contributed by atoms with E-state index in [-0.39, 0.29) is 24.5 Å². The summed E-state index contributed by atoms with van der Waals surface area (Å²) in [6.45, 7) is 1.02. The first-order valence-corrected chi connectivity index (χ1v) is 11.5. The fourth-order valence-corrected chi connectivity index (χ4v) is 3.80. The fourth-order valence-electron chi connectivity index (χ4n) is 3.24. The minimum Gasteiger partial charge on any atom is -0.484 e. The zero-order valence-electron chi connectivity index (χ0n) is 16.7. The molecule has 0 radical (unpaired) electrons. The van der Waals surface area contributed by atoms with Crippen LogP contribution in [-0.4, -0.2) is 57.1 Å². The third kappa shape index (κ3) is 6.48. The van der Waals surface area contributed by atoms with Gasteiger partial charge in [0.2, 0.25) is 10.0 Å². The van der Waals surface area contributed by atoms with Crippen LogP contribution in [0.5, 0.6) is 5.75 Å². The van der Waals surface area contributed by atoms with Crippen molar-refractivity contribution in [2.24, 2.45) is 0 Å². The number of hydrogen-bond acceptors (Lipinski definition) is 5. The number of carbonyl (C=O) groups is 2. The quantitative estimate of drug-likeness (QED) is 0.696. The number of piperidine rings is 1. The van der Waals surface area contributed by atoms with Crippen molar-refractivity contribution in [3.63, 3.8) is 0 Å². The monoisotopic (exact) mass is 431 g/mol. The van der Waals surface area contributed by atoms with Gasteiger partial charge < -0.3 is 15.0 Å². The highest BCUT2D eigenvalue weighted by Gasteiger charge is 2.24. The molecule has 2 amide bonds. The SMILES string of the molecule is CS(=O)(=O)Nc1ccc(C(=O)N2CCC(NC(=O)COc3ccccc3)CC2)cc1. The molecule has 30 heavy (non-hydrogen) atoms. The highest BCUT2D eigenvalue weighted by atomic mass is 32.2. The first-order chi connectivity index (χ1) is 14.3. The minimum atomic E-state index is -3.36. The molecule has 3 rings (SSSR count). The Kier molecular flexibility index (Phi) is 6.94. The van der Waals surface area contributed by atoms with E-state index in [0.29, 0.717) is 42.9 Å². The normalized spacial score (nSPS) is 14.8. The van der Waals surface area contributed by atoms with E-state index < -0.39 is 10.0 Å². The van der Waals surface area contributed by atoms with Crippen LogP contribution < -0.4 is 14.8 Å². The summed E-state index contributed by atoms with van der Waals surface area (Å²) >= 11 is 0. The number of ether oxygens (including phenoxy) is 1. The summed E-state index contributed by atoms with van der Waals surface area (Å²) in [6, 6.07) is 15.5. The average Bonchev–Trinajstić information content (AvgIpc) is 2.72. The number of amides is 2. The third-order valence-corrected chi connectivity index (χ3v) is 5.30. The molecule has 0 atom stereocenters. The van der Waals surface area contributed by atoms with Crippen LogP contribution >= 0.6 is 0 Å². The maximum Gasteiger partial charge on any atom is 0.258 e. The Bertz CT molecular complexity index is 969. The fraction of sp³-hybridized carbons (Fsp3) is 0.333. The molecular weight excluding hydrogens is 406 g/mol. The van der Waals surface area contributed by atoms with E-state index in [1.165, 1.54) is 0 Å². The molecule has 160 valence electrons. The van der Waals surface area contributed by atoms with Gasteiger partial charge >= 0.3 is 0 Å². The molecule has 1 saturated heterocycles. The number of benzene rings is 2. The number of likely N-dealkylation sites (tertiary alicyclic amines) is 1. The van der Waals surface area contributed by atoms with Crippen LogP contribution in [0.1, 0.15) is 23.2 Å². The minimum absolute atomic E-state index is 0.00209. The molecule has 0 bridgehead atoms. The van der Waals surface area contributed by atoms with Crippen molar-refractivity contribution in [2.75, 3.05) is 30.7 Å². The number of sulfonamides is 1. The molecule has 2 aromatic rings. The molecule has 9 heteroatoms. The second kappa shape index (κ2) is 9.62. The van der Waals surface area contributed by atoms with Crippen molar-refractivity contribution in [2.45, 2.75) is 18.9 Å². The van der Waals surface area contributed by atoms with Gasteiger partial charge in [0.15, 0.2) is 6.61 Å². The van der Waals surface area contributed by atoms with Gasteiger partial charge in [0, 0.05) is 30.4 Å². The van der Waals surface area contributed by atoms with Crippen LogP contribution in [0.2, 0.25) is 0 Å². The Hall–Kier alpha value is -3.07. The van der Waals surface area contributed by atoms with Gasteiger partial charge in [-0.3, -0.25) is 14.3 Å². The number of nitrogens with zero attached hydrogens (tertiary/aromatic N) is 1. The first-order valence-electron chi connectivity index (χ1n) is 9.64. The highest BCUT2D eigenvalue weighted by Crippen LogP contribution is 2.17. The molecule has 1 fully saturated rings. The number of rotatable bonds is 7. The van der Waals surface area contributed by atoms with Crippen LogP contribution in [-0.2, 0) is 14.8 Å². The maximum atomic E-state index is 12.7. The second-order valence-corrected chi connectivity index (χ2v) is 8.94. The van der Waals surface area contributed by atoms with Gasteiger partial charge in [-0.25, -0.2) is 8.42 Å². The molecule has 0 aliphatic carbocycles. The van der Waals surface area contributed by atoms with Gasteiger partial charge in [-0.2, -0.15) is 0 Å². The highest BCUT2D eigenvalue weighted by molar-refractivity contribution is 7.92. The van der Waals surface area contributed by atoms with Crippen LogP contribution in [0.4, 0.5) is 5.69 Å².